The van der Waals surface area contributed by atoms with Gasteiger partial charge in [-0.1, -0.05) is 12.1 Å². The molecular formula is C10H9NO2. The van der Waals surface area contributed by atoms with Gasteiger partial charge < -0.3 is 9.52 Å². The first-order chi connectivity index (χ1) is 6.34. The van der Waals surface area contributed by atoms with E-state index in [1.54, 1.807) is 24.6 Å². The van der Waals surface area contributed by atoms with Gasteiger partial charge in [0.2, 0.25) is 0 Å². The Hall–Kier alpha value is -1.77. The predicted molar refractivity (Wildman–Crippen MR) is 47.4 cm³/mol. The largest absolute Gasteiger partial charge is 0.508 e. The molecule has 0 aliphatic carbocycles. The predicted octanol–water partition coefficient (Wildman–Crippen LogP) is 1.97. The summed E-state index contributed by atoms with van der Waals surface area (Å²) >= 11 is 0. The monoisotopic (exact) mass is 175 g/mol. The number of oxazole rings is 1. The van der Waals surface area contributed by atoms with Crippen molar-refractivity contribution in [2.24, 2.45) is 0 Å². The van der Waals surface area contributed by atoms with Crippen molar-refractivity contribution >= 4 is 0 Å². The maximum absolute atomic E-state index is 9.04. The zero-order valence-corrected chi connectivity index (χ0v) is 6.97. The fraction of sp³-hybridized carbons (Fsp3) is 0.100. The van der Waals surface area contributed by atoms with E-state index in [1.165, 1.54) is 0 Å². The molecule has 0 unspecified atom stereocenters. The Morgan fingerprint density at radius 1 is 1.23 bits per heavy atom. The SMILES string of the molecule is Oc1ccc(Cc2ncco2)cc1. The van der Waals surface area contributed by atoms with E-state index in [0.717, 1.165) is 5.56 Å². The lowest BCUT2D eigenvalue weighted by Crippen LogP contribution is -1.86. The number of hydrogen-bond acceptors (Lipinski definition) is 3. The number of aromatic hydroxyl groups is 1. The molecule has 13 heavy (non-hydrogen) atoms. The fourth-order valence-electron chi connectivity index (χ4n) is 1.13. The molecule has 1 aromatic carbocycles. The standard InChI is InChI=1S/C10H9NO2/c12-9-3-1-8(2-4-9)7-10-11-5-6-13-10/h1-6,12H,7H2. The van der Waals surface area contributed by atoms with Gasteiger partial charge in [0, 0.05) is 6.42 Å². The van der Waals surface area contributed by atoms with Crippen molar-refractivity contribution in [1.29, 1.82) is 0 Å². The topological polar surface area (TPSA) is 46.3 Å². The third kappa shape index (κ3) is 1.87. The molecule has 0 aliphatic heterocycles. The summed E-state index contributed by atoms with van der Waals surface area (Å²) in [5.74, 6) is 0.960. The highest BCUT2D eigenvalue weighted by Gasteiger charge is 1.99. The number of phenols is 1. The minimum Gasteiger partial charge on any atom is -0.508 e. The van der Waals surface area contributed by atoms with Gasteiger partial charge in [0.05, 0.1) is 6.20 Å². The second-order valence-corrected chi connectivity index (χ2v) is 2.77. The van der Waals surface area contributed by atoms with Crippen molar-refractivity contribution in [3.05, 3.63) is 48.2 Å². The van der Waals surface area contributed by atoms with Crippen LogP contribution in [0.25, 0.3) is 0 Å². The molecule has 0 amide bonds. The Morgan fingerprint density at radius 2 is 2.00 bits per heavy atom. The van der Waals surface area contributed by atoms with Crippen molar-refractivity contribution in [3.63, 3.8) is 0 Å². The first-order valence-electron chi connectivity index (χ1n) is 4.01. The molecule has 0 radical (unpaired) electrons. The van der Waals surface area contributed by atoms with Crippen LogP contribution in [0.1, 0.15) is 11.5 Å². The summed E-state index contributed by atoms with van der Waals surface area (Å²) in [5, 5.41) is 9.04. The minimum atomic E-state index is 0.274. The number of hydrogen-bond donors (Lipinski definition) is 1. The lowest BCUT2D eigenvalue weighted by molar-refractivity contribution is 0.474. The molecule has 3 heteroatoms. The Bertz CT molecular complexity index is 364. The maximum Gasteiger partial charge on any atom is 0.198 e. The molecule has 66 valence electrons. The first-order valence-corrected chi connectivity index (χ1v) is 4.01. The van der Waals surface area contributed by atoms with Crippen LogP contribution in [0.4, 0.5) is 0 Å². The van der Waals surface area contributed by atoms with Crippen molar-refractivity contribution < 1.29 is 9.52 Å². The number of phenolic OH excluding ortho intramolecular Hbond substituents is 1. The fourth-order valence-corrected chi connectivity index (χ4v) is 1.13. The molecule has 2 rings (SSSR count). The van der Waals surface area contributed by atoms with E-state index in [4.69, 9.17) is 9.52 Å². The number of aromatic nitrogens is 1. The van der Waals surface area contributed by atoms with Crippen LogP contribution in [-0.2, 0) is 6.42 Å². The van der Waals surface area contributed by atoms with Gasteiger partial charge in [0.15, 0.2) is 5.89 Å². The second-order valence-electron chi connectivity index (χ2n) is 2.77. The van der Waals surface area contributed by atoms with Crippen molar-refractivity contribution in [2.75, 3.05) is 0 Å². The zero-order valence-electron chi connectivity index (χ0n) is 6.97. The molecular weight excluding hydrogens is 166 g/mol. The van der Waals surface area contributed by atoms with E-state index in [9.17, 15) is 0 Å². The van der Waals surface area contributed by atoms with Crippen molar-refractivity contribution in [1.82, 2.24) is 4.98 Å². The lowest BCUT2D eigenvalue weighted by Gasteiger charge is -1.96. The van der Waals surface area contributed by atoms with Crippen LogP contribution in [-0.4, -0.2) is 10.1 Å². The van der Waals surface area contributed by atoms with Crippen LogP contribution in [0.3, 0.4) is 0 Å². The van der Waals surface area contributed by atoms with Gasteiger partial charge in [-0.15, -0.1) is 0 Å². The highest BCUT2D eigenvalue weighted by Crippen LogP contribution is 2.12. The minimum absolute atomic E-state index is 0.274. The highest BCUT2D eigenvalue weighted by molar-refractivity contribution is 5.27. The number of nitrogens with zero attached hydrogens (tertiary/aromatic N) is 1. The Kier molecular flexibility index (Phi) is 2.00. The molecule has 1 aromatic heterocycles. The Morgan fingerprint density at radius 3 is 2.62 bits per heavy atom. The van der Waals surface area contributed by atoms with Crippen molar-refractivity contribution in [2.45, 2.75) is 6.42 Å². The van der Waals surface area contributed by atoms with E-state index in [0.29, 0.717) is 12.3 Å². The van der Waals surface area contributed by atoms with E-state index < -0.39 is 0 Å². The van der Waals surface area contributed by atoms with Gasteiger partial charge in [-0.25, -0.2) is 4.98 Å². The summed E-state index contributed by atoms with van der Waals surface area (Å²) < 4.78 is 5.09. The van der Waals surface area contributed by atoms with Crippen LogP contribution in [0, 0.1) is 0 Å². The van der Waals surface area contributed by atoms with Crippen LogP contribution >= 0.6 is 0 Å². The number of rotatable bonds is 2. The summed E-state index contributed by atoms with van der Waals surface area (Å²) in [7, 11) is 0. The van der Waals surface area contributed by atoms with Gasteiger partial charge in [-0.2, -0.15) is 0 Å². The van der Waals surface area contributed by atoms with E-state index in [2.05, 4.69) is 4.98 Å². The molecule has 0 saturated heterocycles. The third-order valence-electron chi connectivity index (χ3n) is 1.78. The van der Waals surface area contributed by atoms with Gasteiger partial charge in [-0.05, 0) is 17.7 Å². The average molecular weight is 175 g/mol. The van der Waals surface area contributed by atoms with Crippen molar-refractivity contribution in [3.8, 4) is 5.75 Å². The van der Waals surface area contributed by atoms with E-state index in [1.807, 2.05) is 12.1 Å². The summed E-state index contributed by atoms with van der Waals surface area (Å²) in [5.41, 5.74) is 1.07. The Balaban J connectivity index is 2.15. The molecule has 0 aliphatic rings. The second kappa shape index (κ2) is 3.31. The van der Waals surface area contributed by atoms with Gasteiger partial charge in [0.25, 0.3) is 0 Å². The van der Waals surface area contributed by atoms with E-state index >= 15 is 0 Å². The summed E-state index contributed by atoms with van der Waals surface area (Å²) in [4.78, 5) is 4.00. The molecule has 1 heterocycles. The van der Waals surface area contributed by atoms with Gasteiger partial charge in [-0.3, -0.25) is 0 Å². The molecule has 2 aromatic rings. The molecule has 0 saturated carbocycles. The van der Waals surface area contributed by atoms with Crippen LogP contribution < -0.4 is 0 Å². The number of benzene rings is 1. The molecule has 0 spiro atoms. The van der Waals surface area contributed by atoms with Crippen LogP contribution in [0.15, 0.2) is 41.1 Å². The van der Waals surface area contributed by atoms with Crippen LogP contribution in [0.5, 0.6) is 5.75 Å². The maximum atomic E-state index is 9.04. The highest BCUT2D eigenvalue weighted by atomic mass is 16.3. The normalized spacial score (nSPS) is 10.2. The quantitative estimate of drug-likeness (QED) is 0.759. The Labute approximate surface area is 75.7 Å². The van der Waals surface area contributed by atoms with E-state index in [-0.39, 0.29) is 5.75 Å². The first kappa shape index (κ1) is 7.86. The van der Waals surface area contributed by atoms with Crippen LogP contribution in [0.2, 0.25) is 0 Å². The van der Waals surface area contributed by atoms with Gasteiger partial charge >= 0.3 is 0 Å². The summed E-state index contributed by atoms with van der Waals surface area (Å²) in [6.07, 6.45) is 3.83. The lowest BCUT2D eigenvalue weighted by atomic mass is 10.1. The smallest absolute Gasteiger partial charge is 0.198 e. The molecule has 0 bridgehead atoms. The summed E-state index contributed by atoms with van der Waals surface area (Å²) in [6.45, 7) is 0. The average Bonchev–Trinajstić information content (AvgIpc) is 2.62. The summed E-state index contributed by atoms with van der Waals surface area (Å²) in [6, 6.07) is 7.00. The molecule has 1 N–H and O–H groups in total. The third-order valence-corrected chi connectivity index (χ3v) is 1.78. The molecule has 3 nitrogen and oxygen atoms in total. The van der Waals surface area contributed by atoms with Gasteiger partial charge in [0.1, 0.15) is 12.0 Å². The zero-order chi connectivity index (χ0) is 9.10. The molecule has 0 fully saturated rings. The molecule has 0 atom stereocenters.